The van der Waals surface area contributed by atoms with E-state index in [2.05, 4.69) is 29.4 Å². The minimum atomic E-state index is -0.511. The summed E-state index contributed by atoms with van der Waals surface area (Å²) in [6.45, 7) is 4.56. The number of nitrogens with zero attached hydrogens (tertiary/aromatic N) is 3. The lowest BCUT2D eigenvalue weighted by Gasteiger charge is -2.55. The van der Waals surface area contributed by atoms with Gasteiger partial charge in [0.15, 0.2) is 0 Å². The smallest absolute Gasteiger partial charge is 0.254 e. The Kier molecular flexibility index (Phi) is 6.39. The Bertz CT molecular complexity index is 954. The van der Waals surface area contributed by atoms with Crippen molar-refractivity contribution in [3.05, 3.63) is 40.4 Å². The van der Waals surface area contributed by atoms with E-state index >= 15 is 0 Å². The lowest BCUT2D eigenvalue weighted by Crippen LogP contribution is -2.64. The van der Waals surface area contributed by atoms with Gasteiger partial charge in [0, 0.05) is 18.7 Å². The molecular weight excluding hydrogens is 412 g/mol. The number of carbonyl (C=O) groups excluding carboxylic acids is 2. The van der Waals surface area contributed by atoms with Gasteiger partial charge in [-0.2, -0.15) is 0 Å². The van der Waals surface area contributed by atoms with Crippen LogP contribution in [-0.2, 0) is 16.1 Å². The molecular formula is C23H30N4O3S. The predicted octanol–water partition coefficient (Wildman–Crippen LogP) is 4.36. The molecule has 2 atom stereocenters. The zero-order chi connectivity index (χ0) is 22.0. The van der Waals surface area contributed by atoms with Crippen LogP contribution in [-0.4, -0.2) is 45.6 Å². The molecule has 2 unspecified atom stereocenters. The van der Waals surface area contributed by atoms with Crippen LogP contribution in [0.15, 0.2) is 24.3 Å². The van der Waals surface area contributed by atoms with Crippen LogP contribution in [0.2, 0.25) is 0 Å². The van der Waals surface area contributed by atoms with Gasteiger partial charge in [0.2, 0.25) is 11.0 Å². The summed E-state index contributed by atoms with van der Waals surface area (Å²) in [5.41, 5.74) is 0.952. The Morgan fingerprint density at radius 1 is 1.29 bits per heavy atom. The summed E-state index contributed by atoms with van der Waals surface area (Å²) in [4.78, 5) is 29.5. The van der Waals surface area contributed by atoms with Gasteiger partial charge >= 0.3 is 0 Å². The number of aromatic nitrogens is 2. The third kappa shape index (κ3) is 3.87. The number of hydrogen-bond donors (Lipinski definition) is 1. The second-order valence-corrected chi connectivity index (χ2v) is 9.60. The Morgan fingerprint density at radius 2 is 2.03 bits per heavy atom. The summed E-state index contributed by atoms with van der Waals surface area (Å²) in [7, 11) is 1.60. The number of methoxy groups -OCH3 is 1. The molecule has 4 rings (SSSR count). The highest BCUT2D eigenvalue weighted by atomic mass is 32.1. The van der Waals surface area contributed by atoms with Crippen molar-refractivity contribution in [1.29, 1.82) is 0 Å². The van der Waals surface area contributed by atoms with Gasteiger partial charge in [-0.1, -0.05) is 55.7 Å². The molecule has 1 aliphatic heterocycles. The summed E-state index contributed by atoms with van der Waals surface area (Å²) >= 11 is 1.32. The highest BCUT2D eigenvalue weighted by Crippen LogP contribution is 2.50. The Morgan fingerprint density at radius 3 is 2.74 bits per heavy atom. The van der Waals surface area contributed by atoms with Crippen molar-refractivity contribution >= 4 is 28.3 Å². The van der Waals surface area contributed by atoms with E-state index in [1.807, 2.05) is 29.2 Å². The summed E-state index contributed by atoms with van der Waals surface area (Å²) in [5.74, 6) is -0.505. The standard InChI is InChI=1S/C23H30N4O3S/c1-4-15(2)27-21(29)17-11-7-6-10-16(17)19(23(27)12-8-5-9-13-23)20(28)24-22-26-25-18(31-22)14-30-3/h6-7,10-11,15,19H,4-5,8-9,12-14H2,1-3H3,(H,24,26,28). The molecule has 0 radical (unpaired) electrons. The number of ether oxygens (including phenoxy) is 1. The summed E-state index contributed by atoms with van der Waals surface area (Å²) in [5, 5.41) is 12.4. The maximum atomic E-state index is 13.8. The van der Waals surface area contributed by atoms with Crippen LogP contribution in [0.5, 0.6) is 0 Å². The van der Waals surface area contributed by atoms with Crippen molar-refractivity contribution < 1.29 is 14.3 Å². The van der Waals surface area contributed by atoms with Crippen LogP contribution in [0.3, 0.4) is 0 Å². The fraction of sp³-hybridized carbons (Fsp3) is 0.565. The van der Waals surface area contributed by atoms with Gasteiger partial charge in [-0.25, -0.2) is 0 Å². The fourth-order valence-corrected chi connectivity index (χ4v) is 5.98. The van der Waals surface area contributed by atoms with Crippen LogP contribution < -0.4 is 5.32 Å². The molecule has 1 saturated carbocycles. The second kappa shape index (κ2) is 9.04. The third-order valence-electron chi connectivity index (χ3n) is 6.72. The molecule has 1 fully saturated rings. The molecule has 8 heteroatoms. The largest absolute Gasteiger partial charge is 0.377 e. The van der Waals surface area contributed by atoms with Gasteiger partial charge < -0.3 is 9.64 Å². The molecule has 1 aliphatic carbocycles. The molecule has 2 aromatic rings. The SMILES string of the molecule is CCC(C)N1C(=O)c2ccccc2C(C(=O)Nc2nnc(COC)s2)C12CCCCC2. The lowest BCUT2D eigenvalue weighted by atomic mass is 9.64. The van der Waals surface area contributed by atoms with Crippen LogP contribution >= 0.6 is 11.3 Å². The number of rotatable bonds is 6. The molecule has 1 aromatic heterocycles. The molecule has 2 amide bonds. The highest BCUT2D eigenvalue weighted by molar-refractivity contribution is 7.15. The minimum absolute atomic E-state index is 0.0502. The first-order chi connectivity index (χ1) is 15.0. The van der Waals surface area contributed by atoms with Crippen LogP contribution in [0.1, 0.15) is 79.2 Å². The van der Waals surface area contributed by atoms with E-state index in [4.69, 9.17) is 4.74 Å². The quantitative estimate of drug-likeness (QED) is 0.718. The Labute approximate surface area is 187 Å². The maximum absolute atomic E-state index is 13.8. The first-order valence-corrected chi connectivity index (χ1v) is 11.9. The molecule has 1 aromatic carbocycles. The van der Waals surface area contributed by atoms with Gasteiger partial charge in [0.05, 0.1) is 11.5 Å². The first kappa shape index (κ1) is 21.9. The zero-order valence-corrected chi connectivity index (χ0v) is 19.2. The molecule has 1 spiro atoms. The number of carbonyl (C=O) groups is 2. The van der Waals surface area contributed by atoms with E-state index in [1.165, 1.54) is 11.3 Å². The van der Waals surface area contributed by atoms with E-state index in [9.17, 15) is 9.59 Å². The number of amides is 2. The van der Waals surface area contributed by atoms with Crippen LogP contribution in [0.25, 0.3) is 0 Å². The van der Waals surface area contributed by atoms with Gasteiger partial charge in [-0.15, -0.1) is 10.2 Å². The Hall–Kier alpha value is -2.32. The highest BCUT2D eigenvalue weighted by Gasteiger charge is 2.55. The van der Waals surface area contributed by atoms with Gasteiger partial charge in [-0.05, 0) is 37.8 Å². The van der Waals surface area contributed by atoms with Gasteiger partial charge in [-0.3, -0.25) is 14.9 Å². The van der Waals surface area contributed by atoms with Crippen molar-refractivity contribution in [3.8, 4) is 0 Å². The van der Waals surface area contributed by atoms with Crippen molar-refractivity contribution in [2.45, 2.75) is 76.5 Å². The van der Waals surface area contributed by atoms with Crippen molar-refractivity contribution in [2.24, 2.45) is 0 Å². The van der Waals surface area contributed by atoms with E-state index in [-0.39, 0.29) is 17.9 Å². The van der Waals surface area contributed by atoms with E-state index in [0.717, 1.165) is 44.1 Å². The van der Waals surface area contributed by atoms with Gasteiger partial charge in [0.25, 0.3) is 5.91 Å². The van der Waals surface area contributed by atoms with Crippen LogP contribution in [0.4, 0.5) is 5.13 Å². The molecule has 31 heavy (non-hydrogen) atoms. The molecule has 0 bridgehead atoms. The summed E-state index contributed by atoms with van der Waals surface area (Å²) < 4.78 is 5.11. The molecule has 0 saturated heterocycles. The number of fused-ring (bicyclic) bond motifs is 1. The van der Waals surface area contributed by atoms with E-state index < -0.39 is 11.5 Å². The fourth-order valence-electron chi connectivity index (χ4n) is 5.27. The monoisotopic (exact) mass is 442 g/mol. The van der Waals surface area contributed by atoms with Gasteiger partial charge in [0.1, 0.15) is 11.6 Å². The molecule has 2 heterocycles. The van der Waals surface area contributed by atoms with Crippen molar-refractivity contribution in [1.82, 2.24) is 15.1 Å². The summed E-state index contributed by atoms with van der Waals surface area (Å²) in [6, 6.07) is 7.65. The molecule has 7 nitrogen and oxygen atoms in total. The van der Waals surface area contributed by atoms with E-state index in [1.54, 1.807) is 7.11 Å². The first-order valence-electron chi connectivity index (χ1n) is 11.1. The zero-order valence-electron chi connectivity index (χ0n) is 18.4. The molecule has 166 valence electrons. The molecule has 2 aliphatic rings. The maximum Gasteiger partial charge on any atom is 0.254 e. The summed E-state index contributed by atoms with van der Waals surface area (Å²) in [6.07, 6.45) is 5.69. The number of nitrogens with one attached hydrogen (secondary N) is 1. The van der Waals surface area contributed by atoms with Crippen molar-refractivity contribution in [2.75, 3.05) is 12.4 Å². The Balaban J connectivity index is 1.78. The average Bonchev–Trinajstić information content (AvgIpc) is 3.21. The molecule has 1 N–H and O–H groups in total. The number of benzene rings is 1. The van der Waals surface area contributed by atoms with Crippen LogP contribution in [0, 0.1) is 0 Å². The number of anilines is 1. The average molecular weight is 443 g/mol. The topological polar surface area (TPSA) is 84.4 Å². The normalized spacial score (nSPS) is 21.1. The van der Waals surface area contributed by atoms with E-state index in [0.29, 0.717) is 22.3 Å². The van der Waals surface area contributed by atoms with Crippen molar-refractivity contribution in [3.63, 3.8) is 0 Å². The predicted molar refractivity (Wildman–Crippen MR) is 120 cm³/mol. The second-order valence-electron chi connectivity index (χ2n) is 8.54. The third-order valence-corrected chi connectivity index (χ3v) is 7.53. The lowest BCUT2D eigenvalue weighted by molar-refractivity contribution is -0.122. The minimum Gasteiger partial charge on any atom is -0.377 e. The number of hydrogen-bond acceptors (Lipinski definition) is 6.